The summed E-state index contributed by atoms with van der Waals surface area (Å²) >= 11 is 1.54. The molecule has 1 saturated heterocycles. The van der Waals surface area contributed by atoms with Gasteiger partial charge in [-0.05, 0) is 75.8 Å². The van der Waals surface area contributed by atoms with E-state index in [0.717, 1.165) is 43.1 Å². The highest BCUT2D eigenvalue weighted by Gasteiger charge is 2.43. The molecule has 1 aliphatic rings. The third kappa shape index (κ3) is 17.4. The molecule has 12 nitrogen and oxygen atoms in total. The number of primary amides is 1. The van der Waals surface area contributed by atoms with Crippen LogP contribution in [0, 0.1) is 29.6 Å². The molecule has 13 heteroatoms. The molecule has 4 amide bonds. The summed E-state index contributed by atoms with van der Waals surface area (Å²) in [4.78, 5) is 57.8. The van der Waals surface area contributed by atoms with Crippen LogP contribution in [0.5, 0.6) is 0 Å². The molecule has 0 spiro atoms. The molecule has 0 radical (unpaired) electrons. The Morgan fingerprint density at radius 2 is 1.63 bits per heavy atom. The van der Waals surface area contributed by atoms with Crippen LogP contribution in [0.15, 0.2) is 29.6 Å². The second-order valence-corrected chi connectivity index (χ2v) is 16.1. The normalized spacial score (nSPS) is 18.8. The van der Waals surface area contributed by atoms with Gasteiger partial charge in [0.15, 0.2) is 0 Å². The smallest absolute Gasteiger partial charge is 0.245 e. The monoisotopic (exact) mass is 783 g/mol. The molecule has 1 heterocycles. The number of carbonyl (C=O) groups is 4. The molecule has 314 valence electrons. The predicted molar refractivity (Wildman–Crippen MR) is 226 cm³/mol. The second kappa shape index (κ2) is 29.5. The van der Waals surface area contributed by atoms with Crippen molar-refractivity contribution in [2.45, 2.75) is 130 Å². The number of nitrogens with two attached hydrogens (primary N) is 1. The van der Waals surface area contributed by atoms with Crippen LogP contribution in [0.2, 0.25) is 0 Å². The number of ether oxygens (including phenoxy) is 2. The molecular weight excluding hydrogens is 705 g/mol. The molecule has 1 rings (SSSR count). The van der Waals surface area contributed by atoms with Gasteiger partial charge in [-0.2, -0.15) is 0 Å². The van der Waals surface area contributed by atoms with Crippen LogP contribution in [-0.2, 0) is 28.7 Å². The van der Waals surface area contributed by atoms with Crippen LogP contribution in [0.3, 0.4) is 0 Å². The van der Waals surface area contributed by atoms with Crippen LogP contribution in [0.4, 0.5) is 0 Å². The summed E-state index contributed by atoms with van der Waals surface area (Å²) in [6.45, 7) is 25.3. The van der Waals surface area contributed by atoms with Crippen molar-refractivity contribution in [3.63, 3.8) is 0 Å². The van der Waals surface area contributed by atoms with E-state index < -0.39 is 12.1 Å². The fraction of sp³-hybridized carbons (Fsp3) is 0.780. The van der Waals surface area contributed by atoms with E-state index in [1.807, 2.05) is 37.3 Å². The van der Waals surface area contributed by atoms with Crippen molar-refractivity contribution in [1.82, 2.24) is 20.0 Å². The second-order valence-electron chi connectivity index (χ2n) is 15.1. The summed E-state index contributed by atoms with van der Waals surface area (Å²) in [5.74, 6) is 0.798. The Morgan fingerprint density at radius 3 is 2.02 bits per heavy atom. The van der Waals surface area contributed by atoms with Gasteiger partial charge in [0.05, 0.1) is 35.8 Å². The van der Waals surface area contributed by atoms with Gasteiger partial charge in [-0.25, -0.2) is 0 Å². The summed E-state index contributed by atoms with van der Waals surface area (Å²) in [6.07, 6.45) is 6.50. The first-order valence-electron chi connectivity index (χ1n) is 19.4. The number of likely N-dealkylation sites (N-methyl/N-ethyl adjacent to an activating group) is 1. The maximum absolute atomic E-state index is 14.0. The largest absolute Gasteiger partial charge is 0.379 e. The number of aliphatic imine (C=N–C) groups is 1. The van der Waals surface area contributed by atoms with Crippen LogP contribution in [-0.4, -0.2) is 130 Å². The number of rotatable bonds is 22. The zero-order valence-corrected chi connectivity index (χ0v) is 37.1. The van der Waals surface area contributed by atoms with Crippen LogP contribution < -0.4 is 11.1 Å². The van der Waals surface area contributed by atoms with Crippen molar-refractivity contribution in [2.24, 2.45) is 40.3 Å². The number of likely N-dealkylation sites (tertiary alicyclic amines) is 1. The van der Waals surface area contributed by atoms with Gasteiger partial charge in [0.2, 0.25) is 24.6 Å². The lowest BCUT2D eigenvalue weighted by molar-refractivity contribution is -0.146. The number of thioether (sulfide) groups is 1. The topological polar surface area (TPSA) is 147 Å². The molecular formula is C41H78N6O6S. The summed E-state index contributed by atoms with van der Waals surface area (Å²) in [6, 6.07) is -0.373. The molecule has 0 saturated carbocycles. The summed E-state index contributed by atoms with van der Waals surface area (Å²) in [5, 5.41) is 5.49. The van der Waals surface area contributed by atoms with Crippen molar-refractivity contribution in [1.29, 1.82) is 0 Å². The zero-order chi connectivity index (χ0) is 42.1. The molecule has 3 N–H and O–H groups in total. The lowest BCUT2D eigenvalue weighted by atomic mass is 9.82. The van der Waals surface area contributed by atoms with Crippen molar-refractivity contribution in [3.8, 4) is 0 Å². The molecule has 9 atom stereocenters. The van der Waals surface area contributed by atoms with Crippen molar-refractivity contribution >= 4 is 41.4 Å². The number of nitrogens with zero attached hydrogens (tertiary/aromatic N) is 4. The van der Waals surface area contributed by atoms with E-state index in [0.29, 0.717) is 19.0 Å². The minimum atomic E-state index is -0.654. The number of hydrogen-bond acceptors (Lipinski definition) is 9. The van der Waals surface area contributed by atoms with Gasteiger partial charge >= 0.3 is 0 Å². The number of allylic oxidation sites excluding steroid dienone is 1. The average Bonchev–Trinajstić information content (AvgIpc) is 3.62. The van der Waals surface area contributed by atoms with Crippen molar-refractivity contribution < 1.29 is 28.7 Å². The Labute approximate surface area is 333 Å². The maximum Gasteiger partial charge on any atom is 0.245 e. The third-order valence-corrected chi connectivity index (χ3v) is 11.8. The molecule has 1 unspecified atom stereocenters. The average molecular weight is 783 g/mol. The van der Waals surface area contributed by atoms with Gasteiger partial charge < -0.3 is 35.2 Å². The predicted octanol–water partition coefficient (Wildman–Crippen LogP) is 5.86. The number of methoxy groups -OCH3 is 2. The summed E-state index contributed by atoms with van der Waals surface area (Å²) < 4.78 is 12.1. The van der Waals surface area contributed by atoms with E-state index >= 15 is 0 Å². The van der Waals surface area contributed by atoms with Gasteiger partial charge in [0.1, 0.15) is 6.04 Å². The Kier molecular flexibility index (Phi) is 29.2. The number of nitrogens with one attached hydrogen (secondary N) is 1. The molecule has 1 aliphatic heterocycles. The van der Waals surface area contributed by atoms with Gasteiger partial charge in [-0.15, -0.1) is 6.58 Å². The van der Waals surface area contributed by atoms with Crippen molar-refractivity contribution in [3.05, 3.63) is 24.6 Å². The summed E-state index contributed by atoms with van der Waals surface area (Å²) in [7, 11) is 11.1. The lowest BCUT2D eigenvalue weighted by Crippen LogP contribution is -2.57. The highest BCUT2D eigenvalue weighted by molar-refractivity contribution is 8.16. The minimum absolute atomic E-state index is 0.00308. The molecule has 0 bridgehead atoms. The van der Waals surface area contributed by atoms with Crippen LogP contribution >= 0.6 is 11.8 Å². The van der Waals surface area contributed by atoms with Gasteiger partial charge in [0.25, 0.3) is 0 Å². The maximum atomic E-state index is 14.0. The fourth-order valence-electron chi connectivity index (χ4n) is 7.15. The van der Waals surface area contributed by atoms with Gasteiger partial charge in [0, 0.05) is 46.8 Å². The van der Waals surface area contributed by atoms with E-state index in [1.54, 1.807) is 37.9 Å². The third-order valence-electron chi connectivity index (χ3n) is 10.9. The molecule has 0 aromatic rings. The summed E-state index contributed by atoms with van der Waals surface area (Å²) in [5.41, 5.74) is 4.17. The first-order chi connectivity index (χ1) is 25.4. The Morgan fingerprint density at radius 1 is 1.04 bits per heavy atom. The number of carbonyl (C=O) groups excluding carboxylic acids is 4. The highest BCUT2D eigenvalue weighted by atomic mass is 32.2. The zero-order valence-electron chi connectivity index (χ0n) is 36.2. The lowest BCUT2D eigenvalue weighted by Gasteiger charge is -2.41. The first kappa shape index (κ1) is 53.4. The van der Waals surface area contributed by atoms with Gasteiger partial charge in [-0.3, -0.25) is 24.2 Å². The van der Waals surface area contributed by atoms with E-state index in [1.165, 1.54) is 0 Å². The molecule has 0 aromatic heterocycles. The van der Waals surface area contributed by atoms with Crippen molar-refractivity contribution in [2.75, 3.05) is 49.0 Å². The fourth-order valence-corrected chi connectivity index (χ4v) is 7.93. The quantitative estimate of drug-likeness (QED) is 0.0602. The first-order valence-corrected chi connectivity index (χ1v) is 20.3. The van der Waals surface area contributed by atoms with E-state index in [9.17, 15) is 14.4 Å². The van der Waals surface area contributed by atoms with Gasteiger partial charge in [-0.1, -0.05) is 79.3 Å². The molecule has 54 heavy (non-hydrogen) atoms. The standard InChI is InChI=1S/C33H58N4O5S.C7H17N.CH3NO/c1-12-15-17-25(32(34-8)43-14-3)24(7)31(42-11)26-18-16-19-37(26)28(39)20-27(41-10)30(23(6)13-2)36(9)33(40)29(22(4)5)35-21-38;1-6(2)7(3)8(4)5;2-1-3/h12,14,21-27,29-31H,1,3,13,15-20H2,2,4-11H3,(H,35,38);6-7H,1-5H3;1H,(H2,2,3)/t23-,24-,25+,26-,27+,29-,30-,31+;;/m0../s1. The van der Waals surface area contributed by atoms with E-state index in [4.69, 9.17) is 14.3 Å². The Bertz CT molecular complexity index is 1110. The Hall–Kier alpha value is -2.74. The molecule has 0 aromatic carbocycles. The SMILES string of the molecule is C=CCC[C@@H](C(=NC)SC=C)[C@H](C)[C@@H](OC)[C@@H]1CCCN1C(=O)C[C@@H](OC)[C@H]([C@@H](C)CC)N(C)C(=O)[C@@H](NC=O)C(C)C.CC(C)C(C)N(C)C.NC=O. The van der Waals surface area contributed by atoms with Crippen LogP contribution in [0.25, 0.3) is 0 Å². The highest BCUT2D eigenvalue weighted by Crippen LogP contribution is 2.35. The van der Waals surface area contributed by atoms with E-state index in [2.05, 4.69) is 89.7 Å². The number of amides is 4. The van der Waals surface area contributed by atoms with E-state index in [-0.39, 0.29) is 66.5 Å². The minimum Gasteiger partial charge on any atom is -0.379 e. The molecule has 0 aliphatic carbocycles. The van der Waals surface area contributed by atoms with Crippen LogP contribution in [0.1, 0.15) is 93.9 Å². The Balaban J connectivity index is 0. The molecule has 1 fully saturated rings. The number of hydrogen-bond donors (Lipinski definition) is 2.